The highest BCUT2D eigenvalue weighted by molar-refractivity contribution is 6.30. The standard InChI is InChI=1S/C19H17ClFNO4/c1-2-25-17-6-4-3-5-13(17)7-10-19(24)26-12-18(23)22-16-11-14(20)8-9-15(16)21/h3-11H,2,12H2,1H3,(H,22,23)/b10-7+. The molecule has 0 spiro atoms. The number of carbonyl (C=O) groups excluding carboxylic acids is 2. The summed E-state index contributed by atoms with van der Waals surface area (Å²) in [6.45, 7) is 1.80. The Kier molecular flexibility index (Phi) is 7.17. The quantitative estimate of drug-likeness (QED) is 0.583. The molecule has 0 radical (unpaired) electrons. The van der Waals surface area contributed by atoms with Gasteiger partial charge in [-0.1, -0.05) is 29.8 Å². The summed E-state index contributed by atoms with van der Waals surface area (Å²) in [5, 5.41) is 2.56. The predicted molar refractivity (Wildman–Crippen MR) is 97.6 cm³/mol. The van der Waals surface area contributed by atoms with Gasteiger partial charge in [-0.05, 0) is 37.3 Å². The van der Waals surface area contributed by atoms with Gasteiger partial charge >= 0.3 is 5.97 Å². The maximum absolute atomic E-state index is 13.5. The first kappa shape index (κ1) is 19.5. The van der Waals surface area contributed by atoms with Crippen molar-refractivity contribution in [3.05, 3.63) is 64.9 Å². The molecule has 0 aliphatic carbocycles. The molecule has 0 aliphatic heterocycles. The normalized spacial score (nSPS) is 10.6. The van der Waals surface area contributed by atoms with Crippen LogP contribution in [0, 0.1) is 5.82 Å². The lowest BCUT2D eigenvalue weighted by Gasteiger charge is -2.07. The number of hydrogen-bond donors (Lipinski definition) is 1. The van der Waals surface area contributed by atoms with Crippen LogP contribution in [0.15, 0.2) is 48.5 Å². The molecule has 7 heteroatoms. The summed E-state index contributed by atoms with van der Waals surface area (Å²) in [6.07, 6.45) is 2.72. The molecule has 0 fully saturated rings. The molecule has 0 bridgehead atoms. The Morgan fingerprint density at radius 3 is 2.77 bits per heavy atom. The van der Waals surface area contributed by atoms with Gasteiger partial charge < -0.3 is 14.8 Å². The van der Waals surface area contributed by atoms with Gasteiger partial charge in [0, 0.05) is 16.7 Å². The first-order valence-corrected chi connectivity index (χ1v) is 8.19. The number of para-hydroxylation sites is 1. The third-order valence-corrected chi connectivity index (χ3v) is 3.40. The van der Waals surface area contributed by atoms with Crippen molar-refractivity contribution in [2.75, 3.05) is 18.5 Å². The first-order valence-electron chi connectivity index (χ1n) is 7.81. The van der Waals surface area contributed by atoms with E-state index in [0.29, 0.717) is 17.9 Å². The second-order valence-electron chi connectivity index (χ2n) is 5.08. The molecule has 0 unspecified atom stereocenters. The van der Waals surface area contributed by atoms with Gasteiger partial charge in [-0.25, -0.2) is 9.18 Å². The topological polar surface area (TPSA) is 64.6 Å². The smallest absolute Gasteiger partial charge is 0.331 e. The number of ether oxygens (including phenoxy) is 2. The Labute approximate surface area is 155 Å². The highest BCUT2D eigenvalue weighted by Gasteiger charge is 2.10. The van der Waals surface area contributed by atoms with Crippen LogP contribution in [0.5, 0.6) is 5.75 Å². The molecule has 2 aromatic rings. The molecular weight excluding hydrogens is 361 g/mol. The molecule has 136 valence electrons. The second kappa shape index (κ2) is 9.58. The molecule has 1 N–H and O–H groups in total. The number of anilines is 1. The van der Waals surface area contributed by atoms with E-state index in [2.05, 4.69) is 5.32 Å². The fraction of sp³-hybridized carbons (Fsp3) is 0.158. The lowest BCUT2D eigenvalue weighted by atomic mass is 10.2. The zero-order valence-electron chi connectivity index (χ0n) is 14.0. The monoisotopic (exact) mass is 377 g/mol. The molecule has 1 amide bonds. The van der Waals surface area contributed by atoms with E-state index in [0.717, 1.165) is 6.07 Å². The Bertz CT molecular complexity index is 823. The highest BCUT2D eigenvalue weighted by Crippen LogP contribution is 2.20. The largest absolute Gasteiger partial charge is 0.493 e. The zero-order valence-corrected chi connectivity index (χ0v) is 14.8. The Morgan fingerprint density at radius 1 is 1.23 bits per heavy atom. The van der Waals surface area contributed by atoms with Crippen LogP contribution in [-0.4, -0.2) is 25.1 Å². The van der Waals surface area contributed by atoms with E-state index < -0.39 is 24.3 Å². The van der Waals surface area contributed by atoms with Crippen molar-refractivity contribution in [2.45, 2.75) is 6.92 Å². The summed E-state index contributed by atoms with van der Waals surface area (Å²) in [5.74, 6) is -1.39. The molecule has 0 heterocycles. The van der Waals surface area contributed by atoms with Crippen LogP contribution in [0.25, 0.3) is 6.08 Å². The van der Waals surface area contributed by atoms with Crippen LogP contribution in [0.2, 0.25) is 5.02 Å². The van der Waals surface area contributed by atoms with Crippen molar-refractivity contribution in [1.29, 1.82) is 0 Å². The van der Waals surface area contributed by atoms with E-state index in [4.69, 9.17) is 21.1 Å². The number of hydrogen-bond acceptors (Lipinski definition) is 4. The fourth-order valence-corrected chi connectivity index (χ4v) is 2.20. The van der Waals surface area contributed by atoms with Crippen LogP contribution < -0.4 is 10.1 Å². The van der Waals surface area contributed by atoms with Gasteiger partial charge in [0.05, 0.1) is 12.3 Å². The van der Waals surface area contributed by atoms with Crippen molar-refractivity contribution in [2.24, 2.45) is 0 Å². The molecule has 0 saturated carbocycles. The van der Waals surface area contributed by atoms with Crippen molar-refractivity contribution >= 4 is 35.2 Å². The van der Waals surface area contributed by atoms with Crippen LogP contribution in [0.4, 0.5) is 10.1 Å². The van der Waals surface area contributed by atoms with Crippen molar-refractivity contribution < 1.29 is 23.5 Å². The highest BCUT2D eigenvalue weighted by atomic mass is 35.5. The molecule has 2 aromatic carbocycles. The molecular formula is C19H17ClFNO4. The van der Waals surface area contributed by atoms with E-state index >= 15 is 0 Å². The molecule has 0 aromatic heterocycles. The first-order chi connectivity index (χ1) is 12.5. The molecule has 2 rings (SSSR count). The maximum Gasteiger partial charge on any atom is 0.331 e. The third-order valence-electron chi connectivity index (χ3n) is 3.17. The van der Waals surface area contributed by atoms with Gasteiger partial charge in [0.1, 0.15) is 11.6 Å². The maximum atomic E-state index is 13.5. The molecule has 26 heavy (non-hydrogen) atoms. The number of rotatable bonds is 7. The summed E-state index contributed by atoms with van der Waals surface area (Å²) >= 11 is 5.74. The third kappa shape index (κ3) is 5.89. The molecule has 0 atom stereocenters. The van der Waals surface area contributed by atoms with Crippen LogP contribution in [-0.2, 0) is 14.3 Å². The summed E-state index contributed by atoms with van der Waals surface area (Å²) < 4.78 is 23.8. The van der Waals surface area contributed by atoms with Crippen molar-refractivity contribution in [3.63, 3.8) is 0 Å². The number of carbonyl (C=O) groups is 2. The SMILES string of the molecule is CCOc1ccccc1/C=C/C(=O)OCC(=O)Nc1cc(Cl)ccc1F. The molecule has 5 nitrogen and oxygen atoms in total. The van der Waals surface area contributed by atoms with Crippen LogP contribution in [0.3, 0.4) is 0 Å². The number of esters is 1. The van der Waals surface area contributed by atoms with E-state index in [-0.39, 0.29) is 10.7 Å². The van der Waals surface area contributed by atoms with Crippen LogP contribution in [0.1, 0.15) is 12.5 Å². The van der Waals surface area contributed by atoms with Gasteiger partial charge in [-0.2, -0.15) is 0 Å². The average Bonchev–Trinajstić information content (AvgIpc) is 2.62. The second-order valence-corrected chi connectivity index (χ2v) is 5.52. The summed E-state index contributed by atoms with van der Waals surface area (Å²) in [5.41, 5.74) is 0.622. The van der Waals surface area contributed by atoms with Gasteiger partial charge in [0.2, 0.25) is 0 Å². The lowest BCUT2D eigenvalue weighted by Crippen LogP contribution is -2.20. The van der Waals surface area contributed by atoms with Gasteiger partial charge in [-0.3, -0.25) is 4.79 Å². The predicted octanol–water partition coefficient (Wildman–Crippen LogP) is 4.07. The molecule has 0 aliphatic rings. The summed E-state index contributed by atoms with van der Waals surface area (Å²) in [7, 11) is 0. The fourth-order valence-electron chi connectivity index (χ4n) is 2.03. The van der Waals surface area contributed by atoms with Gasteiger partial charge in [-0.15, -0.1) is 0 Å². The number of amides is 1. The minimum Gasteiger partial charge on any atom is -0.493 e. The van der Waals surface area contributed by atoms with E-state index in [1.165, 1.54) is 24.3 Å². The summed E-state index contributed by atoms with van der Waals surface area (Å²) in [6, 6.07) is 10.9. The van der Waals surface area contributed by atoms with Crippen molar-refractivity contribution in [1.82, 2.24) is 0 Å². The van der Waals surface area contributed by atoms with E-state index in [9.17, 15) is 14.0 Å². The number of nitrogens with one attached hydrogen (secondary N) is 1. The minimum absolute atomic E-state index is 0.0836. The van der Waals surface area contributed by atoms with Gasteiger partial charge in [0.15, 0.2) is 6.61 Å². The lowest BCUT2D eigenvalue weighted by molar-refractivity contribution is -0.142. The minimum atomic E-state index is -0.710. The Hall–Kier alpha value is -2.86. The number of halogens is 2. The average molecular weight is 378 g/mol. The van der Waals surface area contributed by atoms with Crippen LogP contribution >= 0.6 is 11.6 Å². The number of benzene rings is 2. The molecule has 0 saturated heterocycles. The Morgan fingerprint density at radius 2 is 2.00 bits per heavy atom. The zero-order chi connectivity index (χ0) is 18.9. The Balaban J connectivity index is 1.88. The van der Waals surface area contributed by atoms with Crippen molar-refractivity contribution in [3.8, 4) is 5.75 Å². The van der Waals surface area contributed by atoms with E-state index in [1.54, 1.807) is 18.2 Å². The summed E-state index contributed by atoms with van der Waals surface area (Å²) in [4.78, 5) is 23.5. The van der Waals surface area contributed by atoms with Gasteiger partial charge in [0.25, 0.3) is 5.91 Å². The van der Waals surface area contributed by atoms with E-state index in [1.807, 2.05) is 13.0 Å².